The maximum atomic E-state index is 13.4. The Morgan fingerprint density at radius 1 is 1.08 bits per heavy atom. The summed E-state index contributed by atoms with van der Waals surface area (Å²) in [5.41, 5.74) is 2.39. The summed E-state index contributed by atoms with van der Waals surface area (Å²) in [7, 11) is 0. The van der Waals surface area contributed by atoms with Gasteiger partial charge in [0.25, 0.3) is 11.7 Å². The summed E-state index contributed by atoms with van der Waals surface area (Å²) in [6, 6.07) is 12.5. The lowest BCUT2D eigenvalue weighted by atomic mass is 9.94. The first-order valence-corrected chi connectivity index (χ1v) is 12.6. The zero-order valence-electron chi connectivity index (χ0n) is 22.0. The Labute approximate surface area is 222 Å². The molecule has 1 unspecified atom stereocenters. The molecule has 198 valence electrons. The number of hydrogen-bond donors (Lipinski definition) is 2. The molecule has 8 heteroatoms. The first-order chi connectivity index (χ1) is 18.2. The monoisotopic (exact) mass is 516 g/mol. The van der Waals surface area contributed by atoms with Crippen molar-refractivity contribution in [3.63, 3.8) is 0 Å². The quantitative estimate of drug-likeness (QED) is 0.230. The molecule has 38 heavy (non-hydrogen) atoms. The fraction of sp³-hybridized carbons (Fsp3) is 0.300. The van der Waals surface area contributed by atoms with Crippen molar-refractivity contribution in [1.82, 2.24) is 9.88 Å². The van der Waals surface area contributed by atoms with Crippen molar-refractivity contribution >= 4 is 17.4 Å². The van der Waals surface area contributed by atoms with E-state index < -0.39 is 17.7 Å². The van der Waals surface area contributed by atoms with Gasteiger partial charge in [-0.1, -0.05) is 26.0 Å². The molecule has 0 bridgehead atoms. The van der Waals surface area contributed by atoms with Gasteiger partial charge >= 0.3 is 0 Å². The van der Waals surface area contributed by atoms with Crippen LogP contribution in [-0.4, -0.2) is 45.0 Å². The molecule has 1 amide bonds. The summed E-state index contributed by atoms with van der Waals surface area (Å²) in [5.74, 6) is -0.618. The Kier molecular flexibility index (Phi) is 8.00. The van der Waals surface area contributed by atoms with Crippen LogP contribution in [0.4, 0.5) is 0 Å². The van der Waals surface area contributed by atoms with E-state index in [1.54, 1.807) is 55.7 Å². The van der Waals surface area contributed by atoms with Gasteiger partial charge in [0.15, 0.2) is 11.5 Å². The van der Waals surface area contributed by atoms with Gasteiger partial charge in [0, 0.05) is 24.5 Å². The summed E-state index contributed by atoms with van der Waals surface area (Å²) < 4.78 is 11.4. The first-order valence-electron chi connectivity index (χ1n) is 12.6. The highest BCUT2D eigenvalue weighted by molar-refractivity contribution is 6.46. The fourth-order valence-electron chi connectivity index (χ4n) is 4.42. The molecule has 0 radical (unpaired) electrons. The van der Waals surface area contributed by atoms with E-state index in [9.17, 15) is 19.8 Å². The Hall–Kier alpha value is -4.33. The standard InChI is InChI=1S/C30H32N2O6/c1-5-37-25-14-21(8-10-23(25)33)27-26(29(35)30(36)32(27)16-20-7-6-12-31-15-20)28(34)22-9-11-24(19(4)13-22)38-17-18(2)3/h6-15,18,27,33-34H,5,16-17H2,1-4H3. The van der Waals surface area contributed by atoms with E-state index in [-0.39, 0.29) is 29.4 Å². The number of ketones is 1. The number of rotatable bonds is 9. The summed E-state index contributed by atoms with van der Waals surface area (Å²) in [5, 5.41) is 21.7. The van der Waals surface area contributed by atoms with E-state index >= 15 is 0 Å². The number of Topliss-reactive ketones (excluding diaryl/α,β-unsaturated/α-hetero) is 1. The van der Waals surface area contributed by atoms with Gasteiger partial charge in [-0.2, -0.15) is 0 Å². The van der Waals surface area contributed by atoms with Gasteiger partial charge in [-0.05, 0) is 72.9 Å². The van der Waals surface area contributed by atoms with Gasteiger partial charge in [-0.25, -0.2) is 0 Å². The molecule has 1 aliphatic rings. The number of likely N-dealkylation sites (tertiary alicyclic amines) is 1. The number of aryl methyl sites for hydroxylation is 1. The first kappa shape index (κ1) is 26.7. The molecule has 1 aromatic heterocycles. The van der Waals surface area contributed by atoms with Crippen molar-refractivity contribution in [2.75, 3.05) is 13.2 Å². The number of aromatic hydroxyl groups is 1. The van der Waals surface area contributed by atoms with Crippen molar-refractivity contribution in [3.8, 4) is 17.2 Å². The lowest BCUT2D eigenvalue weighted by Crippen LogP contribution is -2.29. The Morgan fingerprint density at radius 3 is 2.53 bits per heavy atom. The molecule has 1 saturated heterocycles. The summed E-state index contributed by atoms with van der Waals surface area (Å²) in [6.45, 7) is 8.73. The van der Waals surface area contributed by atoms with Crippen LogP contribution in [0.1, 0.15) is 49.1 Å². The van der Waals surface area contributed by atoms with Crippen molar-refractivity contribution in [2.24, 2.45) is 5.92 Å². The molecule has 2 N–H and O–H groups in total. The zero-order chi connectivity index (χ0) is 27.4. The normalized spacial score (nSPS) is 16.8. The number of aromatic nitrogens is 1. The molecular formula is C30H32N2O6. The van der Waals surface area contributed by atoms with Crippen molar-refractivity contribution in [2.45, 2.75) is 40.3 Å². The second-order valence-corrected chi connectivity index (χ2v) is 9.63. The van der Waals surface area contributed by atoms with E-state index in [1.807, 2.05) is 13.0 Å². The second kappa shape index (κ2) is 11.4. The average Bonchev–Trinajstić information content (AvgIpc) is 3.14. The van der Waals surface area contributed by atoms with Gasteiger partial charge in [0.05, 0.1) is 24.8 Å². The van der Waals surface area contributed by atoms with Crippen LogP contribution in [0, 0.1) is 12.8 Å². The van der Waals surface area contributed by atoms with Gasteiger partial charge in [0.2, 0.25) is 0 Å². The van der Waals surface area contributed by atoms with Gasteiger partial charge in [-0.3, -0.25) is 14.6 Å². The van der Waals surface area contributed by atoms with E-state index in [0.717, 1.165) is 11.1 Å². The molecule has 0 spiro atoms. The SMILES string of the molecule is CCOc1cc(C2C(=C(O)c3ccc(OCC(C)C)c(C)c3)C(=O)C(=O)N2Cc2cccnc2)ccc1O. The van der Waals surface area contributed by atoms with Gasteiger partial charge in [0.1, 0.15) is 11.5 Å². The number of carbonyl (C=O) groups excluding carboxylic acids is 2. The minimum atomic E-state index is -0.910. The molecule has 8 nitrogen and oxygen atoms in total. The van der Waals surface area contributed by atoms with Crippen LogP contribution < -0.4 is 9.47 Å². The summed E-state index contributed by atoms with van der Waals surface area (Å²) in [6.07, 6.45) is 3.25. The zero-order valence-corrected chi connectivity index (χ0v) is 22.0. The number of aliphatic hydroxyl groups is 1. The third-order valence-electron chi connectivity index (χ3n) is 6.24. The van der Waals surface area contributed by atoms with Crippen LogP contribution in [0.25, 0.3) is 5.76 Å². The number of ether oxygens (including phenoxy) is 2. The van der Waals surface area contributed by atoms with E-state index in [4.69, 9.17) is 9.47 Å². The lowest BCUT2D eigenvalue weighted by molar-refractivity contribution is -0.140. The largest absolute Gasteiger partial charge is 0.507 e. The number of nitrogens with zero attached hydrogens (tertiary/aromatic N) is 2. The van der Waals surface area contributed by atoms with Crippen molar-refractivity contribution in [1.29, 1.82) is 0 Å². The van der Waals surface area contributed by atoms with Crippen LogP contribution in [0.3, 0.4) is 0 Å². The number of hydrogen-bond acceptors (Lipinski definition) is 7. The predicted octanol–water partition coefficient (Wildman–Crippen LogP) is 5.15. The minimum Gasteiger partial charge on any atom is -0.507 e. The highest BCUT2D eigenvalue weighted by Crippen LogP contribution is 2.42. The predicted molar refractivity (Wildman–Crippen MR) is 143 cm³/mol. The fourth-order valence-corrected chi connectivity index (χ4v) is 4.42. The van der Waals surface area contributed by atoms with Crippen LogP contribution >= 0.6 is 0 Å². The number of phenols is 1. The second-order valence-electron chi connectivity index (χ2n) is 9.63. The molecule has 1 fully saturated rings. The molecule has 1 atom stereocenters. The lowest BCUT2D eigenvalue weighted by Gasteiger charge is -2.26. The molecule has 2 aromatic carbocycles. The third-order valence-corrected chi connectivity index (χ3v) is 6.24. The number of carbonyl (C=O) groups is 2. The Morgan fingerprint density at radius 2 is 1.87 bits per heavy atom. The number of aliphatic hydroxyl groups excluding tert-OH is 1. The molecule has 1 aliphatic heterocycles. The van der Waals surface area contributed by atoms with Crippen molar-refractivity contribution < 1.29 is 29.3 Å². The summed E-state index contributed by atoms with van der Waals surface area (Å²) >= 11 is 0. The highest BCUT2D eigenvalue weighted by Gasteiger charge is 2.46. The Balaban J connectivity index is 1.83. The Bertz CT molecular complexity index is 1370. The molecular weight excluding hydrogens is 484 g/mol. The maximum absolute atomic E-state index is 13.4. The van der Waals surface area contributed by atoms with Gasteiger partial charge in [-0.15, -0.1) is 0 Å². The molecule has 0 aliphatic carbocycles. The van der Waals surface area contributed by atoms with Gasteiger partial charge < -0.3 is 24.6 Å². The number of pyridine rings is 1. The van der Waals surface area contributed by atoms with E-state index in [0.29, 0.717) is 36.0 Å². The average molecular weight is 517 g/mol. The van der Waals surface area contributed by atoms with E-state index in [2.05, 4.69) is 18.8 Å². The number of benzene rings is 2. The smallest absolute Gasteiger partial charge is 0.295 e. The minimum absolute atomic E-state index is 0.0396. The topological polar surface area (TPSA) is 109 Å². The van der Waals surface area contributed by atoms with Crippen LogP contribution in [0.15, 0.2) is 66.5 Å². The molecule has 4 rings (SSSR count). The van der Waals surface area contributed by atoms with Crippen LogP contribution in [0.5, 0.6) is 17.2 Å². The van der Waals surface area contributed by atoms with Crippen molar-refractivity contribution in [3.05, 3.63) is 88.8 Å². The molecule has 0 saturated carbocycles. The van der Waals surface area contributed by atoms with Crippen LogP contribution in [0.2, 0.25) is 0 Å². The van der Waals surface area contributed by atoms with E-state index in [1.165, 1.54) is 11.0 Å². The van der Waals surface area contributed by atoms with Crippen LogP contribution in [-0.2, 0) is 16.1 Å². The third kappa shape index (κ3) is 5.49. The summed E-state index contributed by atoms with van der Waals surface area (Å²) in [4.78, 5) is 32.2. The maximum Gasteiger partial charge on any atom is 0.295 e. The molecule has 2 heterocycles. The highest BCUT2D eigenvalue weighted by atomic mass is 16.5. The molecule has 3 aromatic rings. The number of amides is 1. The number of phenolic OH excluding ortho intramolecular Hbond substituents is 1.